The van der Waals surface area contributed by atoms with Gasteiger partial charge in [-0.2, -0.15) is 0 Å². The number of methoxy groups -OCH3 is 2. The van der Waals surface area contributed by atoms with Gasteiger partial charge in [0, 0.05) is 17.5 Å². The molecule has 2 aromatic rings. The number of fused-ring (bicyclic) bond motifs is 1. The van der Waals surface area contributed by atoms with Crippen LogP contribution in [-0.2, 0) is 6.42 Å². The van der Waals surface area contributed by atoms with E-state index in [0.717, 1.165) is 11.1 Å². The van der Waals surface area contributed by atoms with E-state index in [0.29, 0.717) is 29.2 Å². The lowest BCUT2D eigenvalue weighted by molar-refractivity contribution is 0.1000. The number of aliphatic imine (C=N–C) groups is 1. The minimum Gasteiger partial charge on any atom is -0.497 e. The number of rotatable bonds is 3. The van der Waals surface area contributed by atoms with Crippen LogP contribution in [0.4, 0.5) is 0 Å². The van der Waals surface area contributed by atoms with E-state index in [-0.39, 0.29) is 5.91 Å². The Labute approximate surface area is 123 Å². The van der Waals surface area contributed by atoms with Crippen molar-refractivity contribution < 1.29 is 14.3 Å². The van der Waals surface area contributed by atoms with E-state index in [2.05, 4.69) is 4.99 Å². The molecule has 106 valence electrons. The maximum Gasteiger partial charge on any atom is 0.277 e. The highest BCUT2D eigenvalue weighted by atomic mass is 16.5. The largest absolute Gasteiger partial charge is 0.497 e. The highest BCUT2D eigenvalue weighted by Gasteiger charge is 2.22. The average Bonchev–Trinajstić information content (AvgIpc) is 2.54. The van der Waals surface area contributed by atoms with Gasteiger partial charge in [-0.25, -0.2) is 4.99 Å². The standard InChI is InChI=1S/C17H15NO3/c1-20-12-7-8-16(21-2)14(10-12)15-9-11-5-3-4-6-13(11)17(19)18-15/h3-8,10H,9H2,1-2H3. The fourth-order valence-corrected chi connectivity index (χ4v) is 2.48. The third-order valence-corrected chi connectivity index (χ3v) is 3.56. The molecule has 0 saturated carbocycles. The first-order valence-electron chi connectivity index (χ1n) is 6.65. The van der Waals surface area contributed by atoms with Crippen LogP contribution < -0.4 is 9.47 Å². The summed E-state index contributed by atoms with van der Waals surface area (Å²) in [7, 11) is 3.21. The van der Waals surface area contributed by atoms with Crippen molar-refractivity contribution in [3.63, 3.8) is 0 Å². The van der Waals surface area contributed by atoms with Gasteiger partial charge in [0.25, 0.3) is 5.91 Å². The number of hydrogen-bond donors (Lipinski definition) is 0. The van der Waals surface area contributed by atoms with E-state index in [4.69, 9.17) is 9.47 Å². The van der Waals surface area contributed by atoms with Gasteiger partial charge in [-0.15, -0.1) is 0 Å². The summed E-state index contributed by atoms with van der Waals surface area (Å²) in [6.07, 6.45) is 0.603. The lowest BCUT2D eigenvalue weighted by atomic mass is 9.94. The number of carbonyl (C=O) groups is 1. The molecule has 0 N–H and O–H groups in total. The van der Waals surface area contributed by atoms with E-state index in [9.17, 15) is 4.79 Å². The molecule has 0 radical (unpaired) electrons. The van der Waals surface area contributed by atoms with E-state index < -0.39 is 0 Å². The van der Waals surface area contributed by atoms with Crippen LogP contribution in [0.25, 0.3) is 0 Å². The number of benzene rings is 2. The topological polar surface area (TPSA) is 47.9 Å². The Morgan fingerprint density at radius 3 is 2.57 bits per heavy atom. The van der Waals surface area contributed by atoms with Crippen LogP contribution in [0.15, 0.2) is 47.5 Å². The van der Waals surface area contributed by atoms with Crippen molar-refractivity contribution in [2.75, 3.05) is 14.2 Å². The summed E-state index contributed by atoms with van der Waals surface area (Å²) in [5, 5.41) is 0. The number of ether oxygens (including phenoxy) is 2. The zero-order valence-electron chi connectivity index (χ0n) is 11.9. The predicted octanol–water partition coefficient (Wildman–Crippen LogP) is 2.89. The van der Waals surface area contributed by atoms with Gasteiger partial charge in [0.1, 0.15) is 11.5 Å². The second-order valence-corrected chi connectivity index (χ2v) is 4.76. The summed E-state index contributed by atoms with van der Waals surface area (Å²) in [6, 6.07) is 13.0. The smallest absolute Gasteiger partial charge is 0.277 e. The molecule has 4 heteroatoms. The second kappa shape index (κ2) is 5.40. The zero-order chi connectivity index (χ0) is 14.8. The average molecular weight is 281 g/mol. The molecule has 0 saturated heterocycles. The lowest BCUT2D eigenvalue weighted by Gasteiger charge is -2.17. The summed E-state index contributed by atoms with van der Waals surface area (Å²) in [5.74, 6) is 1.18. The fourth-order valence-electron chi connectivity index (χ4n) is 2.48. The third-order valence-electron chi connectivity index (χ3n) is 3.56. The van der Waals surface area contributed by atoms with Gasteiger partial charge in [-0.05, 0) is 29.8 Å². The number of carbonyl (C=O) groups excluding carboxylic acids is 1. The number of nitrogens with zero attached hydrogens (tertiary/aromatic N) is 1. The maximum absolute atomic E-state index is 12.2. The summed E-state index contributed by atoms with van der Waals surface area (Å²) < 4.78 is 10.6. The fraction of sp³-hybridized carbons (Fsp3) is 0.176. The van der Waals surface area contributed by atoms with Crippen LogP contribution in [0.2, 0.25) is 0 Å². The van der Waals surface area contributed by atoms with Gasteiger partial charge in [0.2, 0.25) is 0 Å². The van der Waals surface area contributed by atoms with E-state index in [1.807, 2.05) is 36.4 Å². The van der Waals surface area contributed by atoms with Crippen molar-refractivity contribution in [2.45, 2.75) is 6.42 Å². The Morgan fingerprint density at radius 2 is 1.81 bits per heavy atom. The maximum atomic E-state index is 12.2. The molecule has 0 atom stereocenters. The predicted molar refractivity (Wildman–Crippen MR) is 80.6 cm³/mol. The Hall–Kier alpha value is -2.62. The summed E-state index contributed by atoms with van der Waals surface area (Å²) in [6.45, 7) is 0. The van der Waals surface area contributed by atoms with Crippen LogP contribution in [0, 0.1) is 0 Å². The Kier molecular flexibility index (Phi) is 3.44. The van der Waals surface area contributed by atoms with Crippen LogP contribution >= 0.6 is 0 Å². The van der Waals surface area contributed by atoms with Gasteiger partial charge in [-0.1, -0.05) is 18.2 Å². The first kappa shape index (κ1) is 13.4. The molecule has 0 aromatic heterocycles. The molecular formula is C17H15NO3. The monoisotopic (exact) mass is 281 g/mol. The summed E-state index contributed by atoms with van der Waals surface area (Å²) in [4.78, 5) is 16.4. The highest BCUT2D eigenvalue weighted by molar-refractivity contribution is 6.16. The molecule has 0 aliphatic carbocycles. The second-order valence-electron chi connectivity index (χ2n) is 4.76. The molecule has 1 amide bonds. The first-order chi connectivity index (χ1) is 10.2. The van der Waals surface area contributed by atoms with Crippen LogP contribution in [0.1, 0.15) is 21.5 Å². The van der Waals surface area contributed by atoms with Crippen LogP contribution in [0.5, 0.6) is 11.5 Å². The molecule has 2 aromatic carbocycles. The Balaban J connectivity index is 2.08. The van der Waals surface area contributed by atoms with Crippen molar-refractivity contribution in [2.24, 2.45) is 4.99 Å². The lowest BCUT2D eigenvalue weighted by Crippen LogP contribution is -2.18. The molecule has 1 aliphatic rings. The number of amides is 1. The molecule has 3 rings (SSSR count). The van der Waals surface area contributed by atoms with Crippen molar-refractivity contribution in [3.05, 3.63) is 59.2 Å². The summed E-state index contributed by atoms with van der Waals surface area (Å²) >= 11 is 0. The van der Waals surface area contributed by atoms with Crippen molar-refractivity contribution >= 4 is 11.6 Å². The van der Waals surface area contributed by atoms with Crippen molar-refractivity contribution in [1.29, 1.82) is 0 Å². The van der Waals surface area contributed by atoms with Crippen LogP contribution in [-0.4, -0.2) is 25.8 Å². The highest BCUT2D eigenvalue weighted by Crippen LogP contribution is 2.28. The van der Waals surface area contributed by atoms with E-state index >= 15 is 0 Å². The molecule has 0 unspecified atom stereocenters. The van der Waals surface area contributed by atoms with Gasteiger partial charge >= 0.3 is 0 Å². The van der Waals surface area contributed by atoms with E-state index in [1.165, 1.54) is 0 Å². The van der Waals surface area contributed by atoms with Gasteiger partial charge in [-0.3, -0.25) is 4.79 Å². The third kappa shape index (κ3) is 2.40. The summed E-state index contributed by atoms with van der Waals surface area (Å²) in [5.41, 5.74) is 3.15. The Bertz CT molecular complexity index is 735. The van der Waals surface area contributed by atoms with Gasteiger partial charge in [0.05, 0.1) is 19.9 Å². The normalized spacial score (nSPS) is 13.4. The molecule has 0 fully saturated rings. The SMILES string of the molecule is COc1ccc(OC)c(C2=NC(=O)c3ccccc3C2)c1. The van der Waals surface area contributed by atoms with Crippen LogP contribution in [0.3, 0.4) is 0 Å². The molecule has 0 spiro atoms. The molecule has 0 bridgehead atoms. The van der Waals surface area contributed by atoms with E-state index in [1.54, 1.807) is 20.3 Å². The van der Waals surface area contributed by atoms with Gasteiger partial charge < -0.3 is 9.47 Å². The van der Waals surface area contributed by atoms with Crippen molar-refractivity contribution in [1.82, 2.24) is 0 Å². The first-order valence-corrected chi connectivity index (χ1v) is 6.65. The molecular weight excluding hydrogens is 266 g/mol. The zero-order valence-corrected chi connectivity index (χ0v) is 11.9. The molecule has 1 heterocycles. The number of hydrogen-bond acceptors (Lipinski definition) is 3. The minimum atomic E-state index is -0.211. The van der Waals surface area contributed by atoms with Crippen molar-refractivity contribution in [3.8, 4) is 11.5 Å². The minimum absolute atomic E-state index is 0.211. The Morgan fingerprint density at radius 1 is 1.00 bits per heavy atom. The molecule has 4 nitrogen and oxygen atoms in total. The molecule has 21 heavy (non-hydrogen) atoms. The quantitative estimate of drug-likeness (QED) is 0.869. The van der Waals surface area contributed by atoms with Gasteiger partial charge in [0.15, 0.2) is 0 Å². The molecule has 1 aliphatic heterocycles.